The molecule has 146 valence electrons. The topological polar surface area (TPSA) is 61.4 Å². The second-order valence-corrected chi connectivity index (χ2v) is 8.32. The Kier molecular flexibility index (Phi) is 5.54. The van der Waals surface area contributed by atoms with Gasteiger partial charge >= 0.3 is 0 Å². The quantitative estimate of drug-likeness (QED) is 0.718. The number of para-hydroxylation sites is 1. The highest BCUT2D eigenvalue weighted by atomic mass is 32.1. The SMILES string of the molecule is CN(C)C(=O)CN1CCC(Nc2nc(-c3cccs3)nc3ccccc23)CC1. The molecule has 4 rings (SSSR count). The maximum Gasteiger partial charge on any atom is 0.236 e. The van der Waals surface area contributed by atoms with Crippen molar-refractivity contribution in [1.29, 1.82) is 0 Å². The number of piperidine rings is 1. The van der Waals surface area contributed by atoms with Gasteiger partial charge in [-0.15, -0.1) is 11.3 Å². The molecule has 0 aliphatic carbocycles. The summed E-state index contributed by atoms with van der Waals surface area (Å²) in [5.74, 6) is 1.83. The first-order chi connectivity index (χ1) is 13.6. The van der Waals surface area contributed by atoms with E-state index in [0.717, 1.165) is 53.4 Å². The van der Waals surface area contributed by atoms with E-state index in [-0.39, 0.29) is 5.91 Å². The summed E-state index contributed by atoms with van der Waals surface area (Å²) in [5.41, 5.74) is 0.956. The molecule has 6 nitrogen and oxygen atoms in total. The molecule has 1 amide bonds. The second-order valence-electron chi connectivity index (χ2n) is 7.37. The molecular formula is C21H25N5OS. The second kappa shape index (κ2) is 8.24. The van der Waals surface area contributed by atoms with Crippen LogP contribution in [0.1, 0.15) is 12.8 Å². The number of likely N-dealkylation sites (N-methyl/N-ethyl adjacent to an activating group) is 1. The molecule has 1 fully saturated rings. The number of hydrogen-bond acceptors (Lipinski definition) is 6. The van der Waals surface area contributed by atoms with Gasteiger partial charge in [0.25, 0.3) is 0 Å². The summed E-state index contributed by atoms with van der Waals surface area (Å²) < 4.78 is 0. The van der Waals surface area contributed by atoms with E-state index < -0.39 is 0 Å². The van der Waals surface area contributed by atoms with Crippen LogP contribution in [0.4, 0.5) is 5.82 Å². The Morgan fingerprint density at radius 3 is 2.68 bits per heavy atom. The lowest BCUT2D eigenvalue weighted by atomic mass is 10.0. The van der Waals surface area contributed by atoms with Crippen LogP contribution in [0, 0.1) is 0 Å². The van der Waals surface area contributed by atoms with Gasteiger partial charge < -0.3 is 10.2 Å². The normalized spacial score (nSPS) is 15.6. The maximum absolute atomic E-state index is 11.9. The average molecular weight is 396 g/mol. The Balaban J connectivity index is 1.50. The molecule has 0 radical (unpaired) electrons. The standard InChI is InChI=1S/C21H25N5OS/c1-25(2)19(27)14-26-11-9-15(10-12-26)22-20-16-6-3-4-7-17(16)23-21(24-20)18-8-5-13-28-18/h3-8,13,15H,9-12,14H2,1-2H3,(H,22,23,24). The first-order valence-corrected chi connectivity index (χ1v) is 10.5. The van der Waals surface area contributed by atoms with Crippen molar-refractivity contribution in [2.45, 2.75) is 18.9 Å². The Labute approximate surface area is 169 Å². The van der Waals surface area contributed by atoms with Crippen molar-refractivity contribution in [3.05, 3.63) is 41.8 Å². The number of nitrogens with zero attached hydrogens (tertiary/aromatic N) is 4. The summed E-state index contributed by atoms with van der Waals surface area (Å²) in [6.45, 7) is 2.33. The van der Waals surface area contributed by atoms with E-state index in [1.54, 1.807) is 16.2 Å². The van der Waals surface area contributed by atoms with Crippen molar-refractivity contribution in [2.24, 2.45) is 0 Å². The van der Waals surface area contributed by atoms with Gasteiger partial charge in [-0.1, -0.05) is 18.2 Å². The predicted molar refractivity (Wildman–Crippen MR) is 115 cm³/mol. The Morgan fingerprint density at radius 1 is 1.18 bits per heavy atom. The molecule has 1 aromatic carbocycles. The molecule has 3 aromatic rings. The molecule has 3 heterocycles. The van der Waals surface area contributed by atoms with E-state index in [2.05, 4.69) is 22.3 Å². The molecule has 2 aromatic heterocycles. The highest BCUT2D eigenvalue weighted by molar-refractivity contribution is 7.13. The summed E-state index contributed by atoms with van der Waals surface area (Å²) in [4.78, 5) is 26.5. The minimum Gasteiger partial charge on any atom is -0.367 e. The number of carbonyl (C=O) groups excluding carboxylic acids is 1. The van der Waals surface area contributed by atoms with Crippen molar-refractivity contribution < 1.29 is 4.79 Å². The van der Waals surface area contributed by atoms with Gasteiger partial charge in [0.2, 0.25) is 5.91 Å². The van der Waals surface area contributed by atoms with Gasteiger partial charge in [0.15, 0.2) is 5.82 Å². The van der Waals surface area contributed by atoms with Gasteiger partial charge in [-0.05, 0) is 36.4 Å². The third kappa shape index (κ3) is 4.15. The molecule has 7 heteroatoms. The molecule has 28 heavy (non-hydrogen) atoms. The van der Waals surface area contributed by atoms with E-state index in [1.165, 1.54) is 0 Å². The fraction of sp³-hybridized carbons (Fsp3) is 0.381. The fourth-order valence-corrected chi connectivity index (χ4v) is 4.12. The first kappa shape index (κ1) is 18.8. The smallest absolute Gasteiger partial charge is 0.236 e. The summed E-state index contributed by atoms with van der Waals surface area (Å²) in [6.07, 6.45) is 1.99. The molecule has 1 N–H and O–H groups in total. The zero-order chi connectivity index (χ0) is 19.5. The minimum absolute atomic E-state index is 0.161. The van der Waals surface area contributed by atoms with Crippen molar-refractivity contribution >= 4 is 34.0 Å². The van der Waals surface area contributed by atoms with Gasteiger partial charge in [-0.2, -0.15) is 0 Å². The van der Waals surface area contributed by atoms with Gasteiger partial charge in [-0.3, -0.25) is 9.69 Å². The van der Waals surface area contributed by atoms with Crippen LogP contribution in [-0.4, -0.2) is 65.4 Å². The summed E-state index contributed by atoms with van der Waals surface area (Å²) in [6, 6.07) is 12.6. The van der Waals surface area contributed by atoms with Crippen LogP contribution in [0.2, 0.25) is 0 Å². The lowest BCUT2D eigenvalue weighted by Crippen LogP contribution is -2.44. The van der Waals surface area contributed by atoms with Crippen LogP contribution in [-0.2, 0) is 4.79 Å². The number of amides is 1. The van der Waals surface area contributed by atoms with Gasteiger partial charge in [0, 0.05) is 38.6 Å². The molecule has 0 unspecified atom stereocenters. The van der Waals surface area contributed by atoms with Crippen LogP contribution in [0.15, 0.2) is 41.8 Å². The van der Waals surface area contributed by atoms with Gasteiger partial charge in [0.1, 0.15) is 5.82 Å². The van der Waals surface area contributed by atoms with Crippen LogP contribution in [0.3, 0.4) is 0 Å². The number of rotatable bonds is 5. The minimum atomic E-state index is 0.161. The van der Waals surface area contributed by atoms with E-state index in [1.807, 2.05) is 43.7 Å². The monoisotopic (exact) mass is 395 g/mol. The number of fused-ring (bicyclic) bond motifs is 1. The van der Waals surface area contributed by atoms with Crippen LogP contribution >= 0.6 is 11.3 Å². The third-order valence-corrected chi connectivity index (χ3v) is 6.00. The number of thiophene rings is 1. The third-order valence-electron chi connectivity index (χ3n) is 5.13. The van der Waals surface area contributed by atoms with E-state index >= 15 is 0 Å². The number of carbonyl (C=O) groups is 1. The summed E-state index contributed by atoms with van der Waals surface area (Å²) in [5, 5.41) is 6.75. The summed E-state index contributed by atoms with van der Waals surface area (Å²) in [7, 11) is 3.62. The fourth-order valence-electron chi connectivity index (χ4n) is 3.46. The number of benzene rings is 1. The Hall–Kier alpha value is -2.51. The van der Waals surface area contributed by atoms with E-state index in [0.29, 0.717) is 12.6 Å². The number of anilines is 1. The summed E-state index contributed by atoms with van der Waals surface area (Å²) >= 11 is 1.65. The molecular weight excluding hydrogens is 370 g/mol. The molecule has 1 aliphatic rings. The molecule has 0 bridgehead atoms. The predicted octanol–water partition coefficient (Wildman–Crippen LogP) is 3.32. The van der Waals surface area contributed by atoms with Crippen LogP contribution < -0.4 is 5.32 Å². The number of nitrogens with one attached hydrogen (secondary N) is 1. The first-order valence-electron chi connectivity index (χ1n) is 9.60. The van der Waals surface area contributed by atoms with Crippen LogP contribution in [0.5, 0.6) is 0 Å². The maximum atomic E-state index is 11.9. The average Bonchev–Trinajstić information content (AvgIpc) is 3.24. The van der Waals surface area contributed by atoms with E-state index in [9.17, 15) is 4.79 Å². The largest absolute Gasteiger partial charge is 0.367 e. The number of hydrogen-bond donors (Lipinski definition) is 1. The number of likely N-dealkylation sites (tertiary alicyclic amines) is 1. The van der Waals surface area contributed by atoms with Crippen LogP contribution in [0.25, 0.3) is 21.6 Å². The highest BCUT2D eigenvalue weighted by Gasteiger charge is 2.22. The molecule has 1 saturated heterocycles. The highest BCUT2D eigenvalue weighted by Crippen LogP contribution is 2.28. The lowest BCUT2D eigenvalue weighted by molar-refractivity contribution is -0.130. The van der Waals surface area contributed by atoms with Crippen molar-refractivity contribution in [1.82, 2.24) is 19.8 Å². The van der Waals surface area contributed by atoms with E-state index in [4.69, 9.17) is 9.97 Å². The molecule has 0 saturated carbocycles. The Morgan fingerprint density at radius 2 is 1.96 bits per heavy atom. The van der Waals surface area contributed by atoms with Crippen molar-refractivity contribution in [3.63, 3.8) is 0 Å². The molecule has 0 spiro atoms. The molecule has 0 atom stereocenters. The van der Waals surface area contributed by atoms with Crippen molar-refractivity contribution in [3.8, 4) is 10.7 Å². The zero-order valence-corrected chi connectivity index (χ0v) is 17.1. The molecule has 1 aliphatic heterocycles. The lowest BCUT2D eigenvalue weighted by Gasteiger charge is -2.32. The van der Waals surface area contributed by atoms with Gasteiger partial charge in [-0.25, -0.2) is 9.97 Å². The van der Waals surface area contributed by atoms with Crippen molar-refractivity contribution in [2.75, 3.05) is 39.0 Å². The Bertz CT molecular complexity index is 949. The van der Waals surface area contributed by atoms with Gasteiger partial charge in [0.05, 0.1) is 16.9 Å². The number of aromatic nitrogens is 2. The zero-order valence-electron chi connectivity index (χ0n) is 16.3.